The number of fused-ring (bicyclic) bond motifs is 1. The van der Waals surface area contributed by atoms with E-state index in [2.05, 4.69) is 10.3 Å². The summed E-state index contributed by atoms with van der Waals surface area (Å²) in [6.45, 7) is 5.36. The Bertz CT molecular complexity index is 904. The Labute approximate surface area is 144 Å². The lowest BCUT2D eigenvalue weighted by Crippen LogP contribution is -2.30. The molecule has 0 aliphatic rings. The number of halogens is 1. The monoisotopic (exact) mass is 344 g/mol. The van der Waals surface area contributed by atoms with Gasteiger partial charge in [0.25, 0.3) is 5.91 Å². The first-order valence-corrected chi connectivity index (χ1v) is 7.91. The van der Waals surface area contributed by atoms with Crippen LogP contribution < -0.4 is 10.1 Å². The number of ether oxygens (including phenoxy) is 1. The molecular weight excluding hydrogens is 328 g/mol. The predicted molar refractivity (Wildman–Crippen MR) is 93.7 cm³/mol. The number of carbonyl (C=O) groups is 1. The summed E-state index contributed by atoms with van der Waals surface area (Å²) < 4.78 is 11.1. The van der Waals surface area contributed by atoms with Crippen LogP contribution in [0.1, 0.15) is 18.4 Å². The number of anilines is 1. The summed E-state index contributed by atoms with van der Waals surface area (Å²) in [6, 6.07) is 10.6. The molecule has 124 valence electrons. The van der Waals surface area contributed by atoms with Crippen molar-refractivity contribution >= 4 is 34.3 Å². The molecule has 0 spiro atoms. The highest BCUT2D eigenvalue weighted by atomic mass is 35.5. The van der Waals surface area contributed by atoms with Crippen LogP contribution in [0.5, 0.6) is 5.75 Å². The van der Waals surface area contributed by atoms with Crippen molar-refractivity contribution in [2.45, 2.75) is 26.9 Å². The van der Waals surface area contributed by atoms with Gasteiger partial charge in [-0.15, -0.1) is 0 Å². The fourth-order valence-electron chi connectivity index (χ4n) is 2.35. The highest BCUT2D eigenvalue weighted by Crippen LogP contribution is 2.24. The number of aromatic nitrogens is 1. The number of nitrogens with zero attached hydrogens (tertiary/aromatic N) is 1. The van der Waals surface area contributed by atoms with Crippen molar-refractivity contribution in [3.8, 4) is 5.75 Å². The normalized spacial score (nSPS) is 12.2. The molecule has 0 aliphatic heterocycles. The average molecular weight is 345 g/mol. The van der Waals surface area contributed by atoms with Crippen molar-refractivity contribution in [2.75, 3.05) is 5.32 Å². The van der Waals surface area contributed by atoms with Gasteiger partial charge in [-0.2, -0.15) is 0 Å². The van der Waals surface area contributed by atoms with Crippen molar-refractivity contribution < 1.29 is 13.9 Å². The Morgan fingerprint density at radius 1 is 1.25 bits per heavy atom. The van der Waals surface area contributed by atoms with E-state index < -0.39 is 6.10 Å². The molecule has 1 aromatic heterocycles. The van der Waals surface area contributed by atoms with Crippen LogP contribution in [0.15, 0.2) is 40.8 Å². The number of carbonyl (C=O) groups excluding carboxylic acids is 1. The molecule has 1 N–H and O–H groups in total. The number of nitrogens with one attached hydrogen (secondary N) is 1. The molecule has 0 aliphatic carbocycles. The second-order valence-electron chi connectivity index (χ2n) is 5.57. The van der Waals surface area contributed by atoms with Crippen LogP contribution in [0.4, 0.5) is 5.69 Å². The Kier molecular flexibility index (Phi) is 4.44. The molecule has 0 saturated heterocycles. The first-order valence-electron chi connectivity index (χ1n) is 7.53. The lowest BCUT2D eigenvalue weighted by atomic mass is 10.2. The summed E-state index contributed by atoms with van der Waals surface area (Å²) in [7, 11) is 0. The van der Waals surface area contributed by atoms with Gasteiger partial charge in [-0.3, -0.25) is 4.79 Å². The molecule has 24 heavy (non-hydrogen) atoms. The molecule has 1 heterocycles. The average Bonchev–Trinajstić information content (AvgIpc) is 2.89. The van der Waals surface area contributed by atoms with Crippen molar-refractivity contribution in [1.82, 2.24) is 4.98 Å². The number of rotatable bonds is 4. The van der Waals surface area contributed by atoms with Crippen LogP contribution in [-0.4, -0.2) is 17.0 Å². The summed E-state index contributed by atoms with van der Waals surface area (Å²) in [5, 5.41) is 3.46. The first kappa shape index (κ1) is 16.3. The molecule has 0 saturated carbocycles. The first-order chi connectivity index (χ1) is 11.4. The third-order valence-corrected chi connectivity index (χ3v) is 3.81. The van der Waals surface area contributed by atoms with Gasteiger partial charge in [0.05, 0.1) is 0 Å². The number of aryl methyl sites for hydroxylation is 2. The van der Waals surface area contributed by atoms with E-state index >= 15 is 0 Å². The van der Waals surface area contributed by atoms with Gasteiger partial charge in [-0.05, 0) is 55.8 Å². The Hall–Kier alpha value is -2.53. The topological polar surface area (TPSA) is 64.4 Å². The van der Waals surface area contributed by atoms with E-state index in [9.17, 15) is 4.79 Å². The van der Waals surface area contributed by atoms with Crippen LogP contribution >= 0.6 is 11.6 Å². The van der Waals surface area contributed by atoms with E-state index in [-0.39, 0.29) is 5.91 Å². The Morgan fingerprint density at radius 3 is 2.79 bits per heavy atom. The molecule has 0 radical (unpaired) electrons. The standard InChI is InChI=1S/C18H17ClN2O3/c1-10-8-13(19)4-6-16(10)23-11(2)18(22)21-14-5-7-17-15(9-14)20-12(3)24-17/h4-9,11H,1-3H3,(H,21,22). The van der Waals surface area contributed by atoms with Gasteiger partial charge in [-0.1, -0.05) is 11.6 Å². The molecule has 2 aromatic carbocycles. The van der Waals surface area contributed by atoms with E-state index in [0.717, 1.165) is 5.56 Å². The van der Waals surface area contributed by atoms with E-state index in [1.807, 2.05) is 6.92 Å². The molecule has 1 unspecified atom stereocenters. The quantitative estimate of drug-likeness (QED) is 0.756. The fraction of sp³-hybridized carbons (Fsp3) is 0.222. The highest BCUT2D eigenvalue weighted by Gasteiger charge is 2.16. The van der Waals surface area contributed by atoms with Crippen LogP contribution in [0.25, 0.3) is 11.1 Å². The summed E-state index contributed by atoms with van der Waals surface area (Å²) >= 11 is 5.92. The SMILES string of the molecule is Cc1nc2cc(NC(=O)C(C)Oc3ccc(Cl)cc3C)ccc2o1. The zero-order valence-electron chi connectivity index (χ0n) is 13.6. The minimum atomic E-state index is -0.653. The number of hydrogen-bond acceptors (Lipinski definition) is 4. The molecule has 3 aromatic rings. The van der Waals surface area contributed by atoms with Crippen molar-refractivity contribution in [3.05, 3.63) is 52.9 Å². The molecular formula is C18H17ClN2O3. The third kappa shape index (κ3) is 3.51. The largest absolute Gasteiger partial charge is 0.481 e. The lowest BCUT2D eigenvalue weighted by molar-refractivity contribution is -0.122. The third-order valence-electron chi connectivity index (χ3n) is 3.57. The van der Waals surface area contributed by atoms with Gasteiger partial charge < -0.3 is 14.5 Å². The number of hydrogen-bond donors (Lipinski definition) is 1. The van der Waals surface area contributed by atoms with Crippen molar-refractivity contribution in [1.29, 1.82) is 0 Å². The molecule has 1 atom stereocenters. The van der Waals surface area contributed by atoms with Crippen molar-refractivity contribution in [2.24, 2.45) is 0 Å². The minimum Gasteiger partial charge on any atom is -0.481 e. The molecule has 6 heteroatoms. The number of benzene rings is 2. The van der Waals surface area contributed by atoms with Gasteiger partial charge in [-0.25, -0.2) is 4.98 Å². The maximum atomic E-state index is 12.3. The van der Waals surface area contributed by atoms with Gasteiger partial charge in [0.15, 0.2) is 17.6 Å². The maximum absolute atomic E-state index is 12.3. The van der Waals surface area contributed by atoms with Gasteiger partial charge in [0.2, 0.25) is 0 Å². The van der Waals surface area contributed by atoms with E-state index in [1.54, 1.807) is 50.2 Å². The summed E-state index contributed by atoms with van der Waals surface area (Å²) in [4.78, 5) is 16.6. The van der Waals surface area contributed by atoms with Crippen molar-refractivity contribution in [3.63, 3.8) is 0 Å². The number of amides is 1. The predicted octanol–water partition coefficient (Wildman–Crippen LogP) is 4.50. The lowest BCUT2D eigenvalue weighted by Gasteiger charge is -2.16. The molecule has 3 rings (SSSR count). The van der Waals surface area contributed by atoms with Gasteiger partial charge >= 0.3 is 0 Å². The Balaban J connectivity index is 1.70. The van der Waals surface area contributed by atoms with E-state index in [0.29, 0.717) is 33.4 Å². The fourth-order valence-corrected chi connectivity index (χ4v) is 2.58. The zero-order valence-corrected chi connectivity index (χ0v) is 14.3. The number of oxazole rings is 1. The minimum absolute atomic E-state index is 0.246. The smallest absolute Gasteiger partial charge is 0.265 e. The highest BCUT2D eigenvalue weighted by molar-refractivity contribution is 6.30. The van der Waals surface area contributed by atoms with Gasteiger partial charge in [0.1, 0.15) is 11.3 Å². The van der Waals surface area contributed by atoms with Crippen LogP contribution in [0, 0.1) is 13.8 Å². The molecule has 5 nitrogen and oxygen atoms in total. The molecule has 0 bridgehead atoms. The zero-order chi connectivity index (χ0) is 17.3. The second kappa shape index (κ2) is 6.53. The van der Waals surface area contributed by atoms with E-state index in [4.69, 9.17) is 20.8 Å². The summed E-state index contributed by atoms with van der Waals surface area (Å²) in [5.41, 5.74) is 2.91. The van der Waals surface area contributed by atoms with Crippen LogP contribution in [0.3, 0.4) is 0 Å². The van der Waals surface area contributed by atoms with Gasteiger partial charge in [0, 0.05) is 17.6 Å². The summed E-state index contributed by atoms with van der Waals surface area (Å²) in [6.07, 6.45) is -0.653. The van der Waals surface area contributed by atoms with E-state index in [1.165, 1.54) is 0 Å². The maximum Gasteiger partial charge on any atom is 0.265 e. The Morgan fingerprint density at radius 2 is 2.04 bits per heavy atom. The van der Waals surface area contributed by atoms with Crippen LogP contribution in [-0.2, 0) is 4.79 Å². The molecule has 0 fully saturated rings. The van der Waals surface area contributed by atoms with Crippen LogP contribution in [0.2, 0.25) is 5.02 Å². The second-order valence-corrected chi connectivity index (χ2v) is 6.01. The molecule has 1 amide bonds. The summed E-state index contributed by atoms with van der Waals surface area (Å²) in [5.74, 6) is 0.969.